The van der Waals surface area contributed by atoms with Crippen molar-refractivity contribution in [2.24, 2.45) is 5.92 Å². The van der Waals surface area contributed by atoms with Gasteiger partial charge in [-0.25, -0.2) is 13.8 Å². The Hall–Kier alpha value is -1.18. The zero-order valence-corrected chi connectivity index (χ0v) is 12.4. The first-order valence-electron chi connectivity index (χ1n) is 6.03. The SMILES string of the molecule is CSC(=O)C(c1cc(C(F)F)nc(C(F)(F)F)c1)C(C)C. The molecule has 0 aliphatic rings. The molecule has 0 fully saturated rings. The molecular formula is C13H14F5NOS. The van der Waals surface area contributed by atoms with E-state index in [1.807, 2.05) is 0 Å². The van der Waals surface area contributed by atoms with E-state index in [4.69, 9.17) is 0 Å². The third-order valence-electron chi connectivity index (χ3n) is 2.86. The third-order valence-corrected chi connectivity index (χ3v) is 3.52. The van der Waals surface area contributed by atoms with Gasteiger partial charge < -0.3 is 0 Å². The molecule has 0 aliphatic heterocycles. The Balaban J connectivity index is 3.46. The minimum Gasteiger partial charge on any atom is -0.287 e. The average Bonchev–Trinajstić information content (AvgIpc) is 2.36. The molecule has 0 aliphatic carbocycles. The third kappa shape index (κ3) is 4.39. The molecule has 0 spiro atoms. The summed E-state index contributed by atoms with van der Waals surface area (Å²) in [5, 5.41) is -0.371. The molecule has 1 rings (SSSR count). The predicted octanol–water partition coefficient (Wildman–Crippen LogP) is 4.67. The maximum Gasteiger partial charge on any atom is 0.433 e. The van der Waals surface area contributed by atoms with Gasteiger partial charge in [-0.3, -0.25) is 4.79 Å². The first-order chi connectivity index (χ1) is 9.57. The lowest BCUT2D eigenvalue weighted by molar-refractivity contribution is -0.141. The molecule has 0 aromatic carbocycles. The summed E-state index contributed by atoms with van der Waals surface area (Å²) >= 11 is 0.856. The van der Waals surface area contributed by atoms with E-state index in [0.29, 0.717) is 6.07 Å². The standard InChI is InChI=1S/C13H14F5NOS/c1-6(2)10(12(20)21-3)7-4-8(11(14)15)19-9(5-7)13(16,17)18/h4-6,10-11H,1-3H3. The molecule has 21 heavy (non-hydrogen) atoms. The Morgan fingerprint density at radius 2 is 1.81 bits per heavy atom. The fraction of sp³-hybridized carbons (Fsp3) is 0.538. The van der Waals surface area contributed by atoms with Crippen LogP contribution in [0.3, 0.4) is 0 Å². The number of carbonyl (C=O) groups is 1. The highest BCUT2D eigenvalue weighted by Gasteiger charge is 2.35. The number of hydrogen-bond donors (Lipinski definition) is 0. The van der Waals surface area contributed by atoms with E-state index >= 15 is 0 Å². The largest absolute Gasteiger partial charge is 0.433 e. The fourth-order valence-electron chi connectivity index (χ4n) is 1.93. The lowest BCUT2D eigenvalue weighted by Crippen LogP contribution is -2.18. The first kappa shape index (κ1) is 17.9. The smallest absolute Gasteiger partial charge is 0.287 e. The summed E-state index contributed by atoms with van der Waals surface area (Å²) in [6, 6.07) is 1.54. The number of hydrogen-bond acceptors (Lipinski definition) is 3. The summed E-state index contributed by atoms with van der Waals surface area (Å²) in [7, 11) is 0. The highest BCUT2D eigenvalue weighted by atomic mass is 32.2. The van der Waals surface area contributed by atoms with E-state index in [0.717, 1.165) is 17.8 Å². The van der Waals surface area contributed by atoms with Crippen molar-refractivity contribution in [2.75, 3.05) is 6.26 Å². The molecule has 1 aromatic heterocycles. The van der Waals surface area contributed by atoms with Crippen LogP contribution >= 0.6 is 11.8 Å². The number of pyridine rings is 1. The molecule has 2 nitrogen and oxygen atoms in total. The van der Waals surface area contributed by atoms with Gasteiger partial charge in [-0.2, -0.15) is 13.2 Å². The van der Waals surface area contributed by atoms with Gasteiger partial charge in [-0.15, -0.1) is 0 Å². The molecular weight excluding hydrogens is 313 g/mol. The number of carbonyl (C=O) groups excluding carboxylic acids is 1. The topological polar surface area (TPSA) is 30.0 Å². The van der Waals surface area contributed by atoms with Crippen molar-refractivity contribution < 1.29 is 26.7 Å². The average molecular weight is 327 g/mol. The van der Waals surface area contributed by atoms with Crippen molar-refractivity contribution in [3.63, 3.8) is 0 Å². The molecule has 0 bridgehead atoms. The van der Waals surface area contributed by atoms with Crippen LogP contribution in [-0.2, 0) is 11.0 Å². The van der Waals surface area contributed by atoms with Crippen LogP contribution in [0.15, 0.2) is 12.1 Å². The predicted molar refractivity (Wildman–Crippen MR) is 70.3 cm³/mol. The van der Waals surface area contributed by atoms with Crippen LogP contribution in [0.1, 0.15) is 43.1 Å². The molecule has 0 saturated heterocycles. The van der Waals surface area contributed by atoms with Gasteiger partial charge in [0.25, 0.3) is 6.43 Å². The van der Waals surface area contributed by atoms with E-state index in [9.17, 15) is 26.7 Å². The van der Waals surface area contributed by atoms with Crippen molar-refractivity contribution in [3.8, 4) is 0 Å². The molecule has 8 heteroatoms. The van der Waals surface area contributed by atoms with Gasteiger partial charge >= 0.3 is 6.18 Å². The molecule has 1 aromatic rings. The van der Waals surface area contributed by atoms with E-state index in [2.05, 4.69) is 4.98 Å². The molecule has 1 atom stereocenters. The van der Waals surface area contributed by atoms with Gasteiger partial charge in [-0.1, -0.05) is 25.6 Å². The number of rotatable bonds is 4. The van der Waals surface area contributed by atoms with Crippen LogP contribution in [0.25, 0.3) is 0 Å². The van der Waals surface area contributed by atoms with Gasteiger partial charge in [0.15, 0.2) is 5.12 Å². The summed E-state index contributed by atoms with van der Waals surface area (Å²) in [5.74, 6) is -1.21. The lowest BCUT2D eigenvalue weighted by Gasteiger charge is -2.21. The second kappa shape index (κ2) is 6.72. The first-order valence-corrected chi connectivity index (χ1v) is 7.25. The summed E-state index contributed by atoms with van der Waals surface area (Å²) < 4.78 is 63.8. The van der Waals surface area contributed by atoms with Crippen LogP contribution in [0.4, 0.5) is 22.0 Å². The van der Waals surface area contributed by atoms with Gasteiger partial charge in [0.05, 0.1) is 5.92 Å². The van der Waals surface area contributed by atoms with Crippen molar-refractivity contribution in [2.45, 2.75) is 32.4 Å². The quantitative estimate of drug-likeness (QED) is 0.753. The van der Waals surface area contributed by atoms with Crippen LogP contribution < -0.4 is 0 Å². The fourth-order valence-corrected chi connectivity index (χ4v) is 2.59. The molecule has 118 valence electrons. The van der Waals surface area contributed by atoms with E-state index in [-0.39, 0.29) is 16.6 Å². The normalized spacial score (nSPS) is 13.8. The second-order valence-electron chi connectivity index (χ2n) is 4.75. The maximum absolute atomic E-state index is 12.8. The van der Waals surface area contributed by atoms with Gasteiger partial charge in [0, 0.05) is 0 Å². The second-order valence-corrected chi connectivity index (χ2v) is 5.56. The Bertz CT molecular complexity index is 516. The summed E-state index contributed by atoms with van der Waals surface area (Å²) in [6.45, 7) is 3.29. The number of alkyl halides is 5. The van der Waals surface area contributed by atoms with Crippen LogP contribution in [-0.4, -0.2) is 16.4 Å². The van der Waals surface area contributed by atoms with Crippen molar-refractivity contribution >= 4 is 16.9 Å². The molecule has 0 N–H and O–H groups in total. The monoisotopic (exact) mass is 327 g/mol. The van der Waals surface area contributed by atoms with Crippen LogP contribution in [0.5, 0.6) is 0 Å². The van der Waals surface area contributed by atoms with Gasteiger partial charge in [-0.05, 0) is 29.9 Å². The highest BCUT2D eigenvalue weighted by Crippen LogP contribution is 2.35. The Morgan fingerprint density at radius 1 is 1.24 bits per heavy atom. The lowest BCUT2D eigenvalue weighted by atomic mass is 9.89. The Labute approximate surface area is 123 Å². The van der Waals surface area contributed by atoms with Crippen LogP contribution in [0.2, 0.25) is 0 Å². The maximum atomic E-state index is 12.8. The Kier molecular flexibility index (Phi) is 5.72. The van der Waals surface area contributed by atoms with Crippen molar-refractivity contribution in [3.05, 3.63) is 29.1 Å². The molecule has 1 unspecified atom stereocenters. The minimum absolute atomic E-state index is 0.0815. The zero-order chi connectivity index (χ0) is 16.4. The van der Waals surface area contributed by atoms with E-state index in [1.165, 1.54) is 6.26 Å². The molecule has 0 radical (unpaired) electrons. The number of nitrogens with zero attached hydrogens (tertiary/aromatic N) is 1. The van der Waals surface area contributed by atoms with Gasteiger partial charge in [0.1, 0.15) is 11.4 Å². The summed E-state index contributed by atoms with van der Waals surface area (Å²) in [5.41, 5.74) is -2.46. The number of thioether (sulfide) groups is 1. The van der Waals surface area contributed by atoms with E-state index < -0.39 is 29.9 Å². The Morgan fingerprint density at radius 3 is 2.19 bits per heavy atom. The van der Waals surface area contributed by atoms with Crippen molar-refractivity contribution in [1.82, 2.24) is 4.98 Å². The van der Waals surface area contributed by atoms with E-state index in [1.54, 1.807) is 13.8 Å². The van der Waals surface area contributed by atoms with Crippen molar-refractivity contribution in [1.29, 1.82) is 0 Å². The summed E-state index contributed by atoms with van der Waals surface area (Å²) in [6.07, 6.45) is -6.48. The highest BCUT2D eigenvalue weighted by molar-refractivity contribution is 8.13. The van der Waals surface area contributed by atoms with Crippen LogP contribution in [0, 0.1) is 5.92 Å². The minimum atomic E-state index is -4.84. The molecule has 0 saturated carbocycles. The zero-order valence-electron chi connectivity index (χ0n) is 11.5. The van der Waals surface area contributed by atoms with Gasteiger partial charge in [0.2, 0.25) is 0 Å². The summed E-state index contributed by atoms with van der Waals surface area (Å²) in [4.78, 5) is 14.8. The molecule has 0 amide bonds. The number of halogens is 5. The number of aromatic nitrogens is 1. The molecule has 1 heterocycles.